The standard InChI is InChI=1S/C10H19N5/c1-6-11-8-12-7(2)13-9(14-8)15-10(3,4)5/h6H2,1-5H3,(H2,11,12,13,14,15). The summed E-state index contributed by atoms with van der Waals surface area (Å²) in [5.41, 5.74) is -0.0444. The normalized spacial score (nSPS) is 11.3. The summed E-state index contributed by atoms with van der Waals surface area (Å²) in [7, 11) is 0. The highest BCUT2D eigenvalue weighted by atomic mass is 15.2. The third kappa shape index (κ3) is 4.10. The minimum absolute atomic E-state index is 0.0444. The van der Waals surface area contributed by atoms with Crippen molar-refractivity contribution in [1.29, 1.82) is 0 Å². The van der Waals surface area contributed by atoms with Crippen LogP contribution in [0.1, 0.15) is 33.5 Å². The molecular weight excluding hydrogens is 190 g/mol. The lowest BCUT2D eigenvalue weighted by atomic mass is 10.1. The van der Waals surface area contributed by atoms with Crippen LogP contribution in [0.2, 0.25) is 0 Å². The number of rotatable bonds is 3. The molecule has 0 fully saturated rings. The summed E-state index contributed by atoms with van der Waals surface area (Å²) < 4.78 is 0. The van der Waals surface area contributed by atoms with E-state index in [1.807, 2.05) is 13.8 Å². The van der Waals surface area contributed by atoms with Crippen LogP contribution in [0.4, 0.5) is 11.9 Å². The molecule has 1 aromatic rings. The largest absolute Gasteiger partial charge is 0.354 e. The highest BCUT2D eigenvalue weighted by Gasteiger charge is 2.12. The molecular formula is C10H19N5. The van der Waals surface area contributed by atoms with E-state index in [-0.39, 0.29) is 5.54 Å². The number of anilines is 2. The van der Waals surface area contributed by atoms with Crippen LogP contribution in [-0.2, 0) is 0 Å². The first-order valence-electron chi connectivity index (χ1n) is 5.15. The number of aryl methyl sites for hydroxylation is 1. The lowest BCUT2D eigenvalue weighted by Crippen LogP contribution is -2.27. The highest BCUT2D eigenvalue weighted by molar-refractivity contribution is 5.35. The Bertz CT molecular complexity index is 329. The van der Waals surface area contributed by atoms with Crippen molar-refractivity contribution in [1.82, 2.24) is 15.0 Å². The molecule has 0 aliphatic heterocycles. The van der Waals surface area contributed by atoms with Crippen LogP contribution in [0.3, 0.4) is 0 Å². The van der Waals surface area contributed by atoms with Crippen molar-refractivity contribution in [2.45, 2.75) is 40.2 Å². The molecule has 0 radical (unpaired) electrons. The summed E-state index contributed by atoms with van der Waals surface area (Å²) in [6.45, 7) is 10.9. The summed E-state index contributed by atoms with van der Waals surface area (Å²) in [6, 6.07) is 0. The van der Waals surface area contributed by atoms with Gasteiger partial charge in [-0.2, -0.15) is 15.0 Å². The summed E-state index contributed by atoms with van der Waals surface area (Å²) in [5.74, 6) is 1.95. The number of aromatic nitrogens is 3. The second kappa shape index (κ2) is 4.42. The summed E-state index contributed by atoms with van der Waals surface area (Å²) in [4.78, 5) is 12.7. The Labute approximate surface area is 90.7 Å². The topological polar surface area (TPSA) is 62.7 Å². The minimum Gasteiger partial charge on any atom is -0.354 e. The molecule has 0 aromatic carbocycles. The summed E-state index contributed by atoms with van der Waals surface area (Å²) >= 11 is 0. The number of nitrogens with one attached hydrogen (secondary N) is 2. The van der Waals surface area contributed by atoms with Crippen LogP contribution in [0.5, 0.6) is 0 Å². The SMILES string of the molecule is CCNc1nc(C)nc(NC(C)(C)C)n1. The van der Waals surface area contributed by atoms with Crippen molar-refractivity contribution >= 4 is 11.9 Å². The van der Waals surface area contributed by atoms with Gasteiger partial charge in [0, 0.05) is 12.1 Å². The predicted octanol–water partition coefficient (Wildman–Crippen LogP) is 1.82. The van der Waals surface area contributed by atoms with Crippen LogP contribution >= 0.6 is 0 Å². The van der Waals surface area contributed by atoms with Crippen LogP contribution in [-0.4, -0.2) is 27.0 Å². The maximum atomic E-state index is 4.26. The fraction of sp³-hybridized carbons (Fsp3) is 0.700. The molecule has 0 bridgehead atoms. The quantitative estimate of drug-likeness (QED) is 0.795. The summed E-state index contributed by atoms with van der Waals surface area (Å²) in [6.07, 6.45) is 0. The molecule has 1 rings (SSSR count). The van der Waals surface area contributed by atoms with Crippen molar-refractivity contribution in [3.8, 4) is 0 Å². The Morgan fingerprint density at radius 1 is 1.07 bits per heavy atom. The predicted molar refractivity (Wildman–Crippen MR) is 62.1 cm³/mol. The van der Waals surface area contributed by atoms with Gasteiger partial charge in [-0.15, -0.1) is 0 Å². The van der Waals surface area contributed by atoms with E-state index in [1.54, 1.807) is 0 Å². The highest BCUT2D eigenvalue weighted by Crippen LogP contribution is 2.11. The van der Waals surface area contributed by atoms with E-state index in [0.29, 0.717) is 17.7 Å². The molecule has 0 amide bonds. The van der Waals surface area contributed by atoms with Crippen molar-refractivity contribution in [2.75, 3.05) is 17.2 Å². The van der Waals surface area contributed by atoms with Crippen molar-refractivity contribution < 1.29 is 0 Å². The molecule has 5 heteroatoms. The molecule has 0 saturated carbocycles. The molecule has 15 heavy (non-hydrogen) atoms. The van der Waals surface area contributed by atoms with Gasteiger partial charge < -0.3 is 10.6 Å². The lowest BCUT2D eigenvalue weighted by molar-refractivity contribution is 0.624. The Morgan fingerprint density at radius 2 is 1.67 bits per heavy atom. The second-order valence-corrected chi connectivity index (χ2v) is 4.44. The molecule has 84 valence electrons. The third-order valence-electron chi connectivity index (χ3n) is 1.57. The van der Waals surface area contributed by atoms with Crippen LogP contribution < -0.4 is 10.6 Å². The fourth-order valence-corrected chi connectivity index (χ4v) is 1.11. The van der Waals surface area contributed by atoms with Crippen LogP contribution in [0.15, 0.2) is 0 Å². The zero-order valence-corrected chi connectivity index (χ0v) is 10.0. The van der Waals surface area contributed by atoms with Gasteiger partial charge in [0.05, 0.1) is 0 Å². The fourth-order valence-electron chi connectivity index (χ4n) is 1.11. The molecule has 0 aliphatic carbocycles. The van der Waals surface area contributed by atoms with Gasteiger partial charge in [-0.1, -0.05) is 0 Å². The zero-order valence-electron chi connectivity index (χ0n) is 10.0. The van der Waals surface area contributed by atoms with Crippen molar-refractivity contribution in [2.24, 2.45) is 0 Å². The molecule has 0 saturated heterocycles. The van der Waals surface area contributed by atoms with Gasteiger partial charge in [-0.3, -0.25) is 0 Å². The van der Waals surface area contributed by atoms with E-state index in [4.69, 9.17) is 0 Å². The Morgan fingerprint density at radius 3 is 2.20 bits per heavy atom. The lowest BCUT2D eigenvalue weighted by Gasteiger charge is -2.20. The third-order valence-corrected chi connectivity index (χ3v) is 1.57. The first-order valence-corrected chi connectivity index (χ1v) is 5.15. The molecule has 0 aliphatic rings. The molecule has 0 spiro atoms. The first kappa shape index (κ1) is 11.7. The Balaban J connectivity index is 2.88. The number of hydrogen-bond donors (Lipinski definition) is 2. The zero-order chi connectivity index (χ0) is 11.5. The Kier molecular flexibility index (Phi) is 3.44. The molecule has 0 unspecified atom stereocenters. The monoisotopic (exact) mass is 209 g/mol. The Hall–Kier alpha value is -1.39. The van der Waals surface area contributed by atoms with Gasteiger partial charge in [0.15, 0.2) is 0 Å². The second-order valence-electron chi connectivity index (χ2n) is 4.44. The van der Waals surface area contributed by atoms with Gasteiger partial charge in [0.1, 0.15) is 5.82 Å². The van der Waals surface area contributed by atoms with Gasteiger partial charge in [0.25, 0.3) is 0 Å². The molecule has 1 aromatic heterocycles. The van der Waals surface area contributed by atoms with E-state index >= 15 is 0 Å². The summed E-state index contributed by atoms with van der Waals surface area (Å²) in [5, 5.41) is 6.29. The van der Waals surface area contributed by atoms with E-state index in [1.165, 1.54) is 0 Å². The van der Waals surface area contributed by atoms with Crippen LogP contribution in [0, 0.1) is 6.92 Å². The van der Waals surface area contributed by atoms with E-state index < -0.39 is 0 Å². The number of nitrogens with zero attached hydrogens (tertiary/aromatic N) is 3. The minimum atomic E-state index is -0.0444. The smallest absolute Gasteiger partial charge is 0.228 e. The first-order chi connectivity index (χ1) is 6.90. The average Bonchev–Trinajstić information content (AvgIpc) is 1.99. The van der Waals surface area contributed by atoms with Crippen molar-refractivity contribution in [3.05, 3.63) is 5.82 Å². The van der Waals surface area contributed by atoms with E-state index in [0.717, 1.165) is 6.54 Å². The van der Waals surface area contributed by atoms with Crippen molar-refractivity contribution in [3.63, 3.8) is 0 Å². The molecule has 0 atom stereocenters. The van der Waals surface area contributed by atoms with Gasteiger partial charge in [0.2, 0.25) is 11.9 Å². The maximum Gasteiger partial charge on any atom is 0.228 e. The molecule has 1 heterocycles. The number of hydrogen-bond acceptors (Lipinski definition) is 5. The molecule has 5 nitrogen and oxygen atoms in total. The van der Waals surface area contributed by atoms with E-state index in [9.17, 15) is 0 Å². The van der Waals surface area contributed by atoms with Gasteiger partial charge in [-0.25, -0.2) is 0 Å². The molecule has 2 N–H and O–H groups in total. The maximum absolute atomic E-state index is 4.26. The van der Waals surface area contributed by atoms with Crippen LogP contribution in [0.25, 0.3) is 0 Å². The van der Waals surface area contributed by atoms with E-state index in [2.05, 4.69) is 46.4 Å². The van der Waals surface area contributed by atoms with Gasteiger partial charge >= 0.3 is 0 Å². The average molecular weight is 209 g/mol. The van der Waals surface area contributed by atoms with Gasteiger partial charge in [-0.05, 0) is 34.6 Å².